The lowest BCUT2D eigenvalue weighted by atomic mass is 10.4. The summed E-state index contributed by atoms with van der Waals surface area (Å²) < 4.78 is 0. The first-order valence-electron chi connectivity index (χ1n) is 7.06. The van der Waals surface area contributed by atoms with E-state index < -0.39 is 0 Å². The molecule has 1 saturated heterocycles. The minimum atomic E-state index is -0.340. The van der Waals surface area contributed by atoms with Crippen LogP contribution in [0.5, 0.6) is 0 Å². The van der Waals surface area contributed by atoms with Gasteiger partial charge in [0.15, 0.2) is 5.13 Å². The van der Waals surface area contributed by atoms with Crippen LogP contribution in [0.4, 0.5) is 10.9 Å². The van der Waals surface area contributed by atoms with Crippen LogP contribution < -0.4 is 16.0 Å². The van der Waals surface area contributed by atoms with Gasteiger partial charge in [-0.15, -0.1) is 0 Å². The number of nitrogen functional groups attached to an aromatic ring is 1. The minimum Gasteiger partial charge on any atom is -0.382 e. The number of nitrogens with zero attached hydrogens (tertiary/aromatic N) is 3. The van der Waals surface area contributed by atoms with Gasteiger partial charge in [0, 0.05) is 26.7 Å². The van der Waals surface area contributed by atoms with E-state index in [1.165, 1.54) is 11.3 Å². The minimum absolute atomic E-state index is 0.0282. The van der Waals surface area contributed by atoms with Gasteiger partial charge >= 0.3 is 0 Å². The largest absolute Gasteiger partial charge is 0.382 e. The molecule has 1 aromatic rings. The molecule has 0 aliphatic carbocycles. The number of amides is 2. The van der Waals surface area contributed by atoms with Crippen LogP contribution in [0.2, 0.25) is 0 Å². The van der Waals surface area contributed by atoms with Gasteiger partial charge in [0.2, 0.25) is 5.91 Å². The second kappa shape index (κ2) is 6.75. The quantitative estimate of drug-likeness (QED) is 0.828. The lowest BCUT2D eigenvalue weighted by Crippen LogP contribution is -2.37. The van der Waals surface area contributed by atoms with E-state index in [1.54, 1.807) is 11.9 Å². The fourth-order valence-corrected chi connectivity index (χ4v) is 3.03. The summed E-state index contributed by atoms with van der Waals surface area (Å²) in [6, 6.07) is 0. The fraction of sp³-hybridized carbons (Fsp3) is 0.615. The van der Waals surface area contributed by atoms with Crippen LogP contribution in [-0.4, -0.2) is 54.9 Å². The predicted molar refractivity (Wildman–Crippen MR) is 83.6 cm³/mol. The van der Waals surface area contributed by atoms with Crippen LogP contribution in [0, 0.1) is 0 Å². The Bertz CT molecular complexity index is 525. The summed E-state index contributed by atoms with van der Waals surface area (Å²) in [4.78, 5) is 32.1. The van der Waals surface area contributed by atoms with E-state index in [0.717, 1.165) is 31.1 Å². The topological polar surface area (TPSA) is 91.6 Å². The molecule has 0 bridgehead atoms. The fourth-order valence-electron chi connectivity index (χ4n) is 2.07. The molecule has 1 aromatic heterocycles. The number of nitrogens with one attached hydrogen (secondary N) is 1. The van der Waals surface area contributed by atoms with E-state index in [2.05, 4.69) is 15.2 Å². The Hall–Kier alpha value is -1.83. The zero-order chi connectivity index (χ0) is 15.4. The van der Waals surface area contributed by atoms with Crippen molar-refractivity contribution in [1.29, 1.82) is 0 Å². The second-order valence-electron chi connectivity index (χ2n) is 5.00. The van der Waals surface area contributed by atoms with E-state index in [4.69, 9.17) is 5.73 Å². The molecule has 116 valence electrons. The van der Waals surface area contributed by atoms with Crippen LogP contribution in [0.15, 0.2) is 0 Å². The van der Waals surface area contributed by atoms with Crippen LogP contribution in [-0.2, 0) is 4.79 Å². The Morgan fingerprint density at radius 2 is 2.10 bits per heavy atom. The number of hydrogen-bond acceptors (Lipinski definition) is 6. The van der Waals surface area contributed by atoms with E-state index >= 15 is 0 Å². The third-order valence-corrected chi connectivity index (χ3v) is 4.66. The van der Waals surface area contributed by atoms with Crippen LogP contribution >= 0.6 is 11.3 Å². The zero-order valence-corrected chi connectivity index (χ0v) is 13.2. The standard InChI is InChI=1S/C13H21N5O2S/c1-3-17(2)9(19)8-15-12(20)10-11(14)16-13(21-10)18-6-4-5-7-18/h3-8,14H2,1-2H3,(H,15,20). The van der Waals surface area contributed by atoms with Gasteiger partial charge in [0.1, 0.15) is 10.7 Å². The molecule has 0 aromatic carbocycles. The maximum atomic E-state index is 12.1. The Kier molecular flexibility index (Phi) is 5.00. The van der Waals surface area contributed by atoms with Crippen molar-refractivity contribution >= 4 is 34.1 Å². The number of hydrogen-bond donors (Lipinski definition) is 2. The highest BCUT2D eigenvalue weighted by Gasteiger charge is 2.22. The highest BCUT2D eigenvalue weighted by molar-refractivity contribution is 7.18. The monoisotopic (exact) mass is 311 g/mol. The van der Waals surface area contributed by atoms with Crippen molar-refractivity contribution in [2.75, 3.05) is 43.9 Å². The van der Waals surface area contributed by atoms with Crippen molar-refractivity contribution in [3.8, 4) is 0 Å². The summed E-state index contributed by atoms with van der Waals surface area (Å²) in [6.07, 6.45) is 2.28. The number of likely N-dealkylation sites (N-methyl/N-ethyl adjacent to an activating group) is 1. The molecule has 0 unspecified atom stereocenters. The molecule has 8 heteroatoms. The van der Waals surface area contributed by atoms with Crippen molar-refractivity contribution in [3.63, 3.8) is 0 Å². The smallest absolute Gasteiger partial charge is 0.265 e. The average Bonchev–Trinajstić information content (AvgIpc) is 3.12. The summed E-state index contributed by atoms with van der Waals surface area (Å²) in [6.45, 7) is 4.36. The second-order valence-corrected chi connectivity index (χ2v) is 5.97. The molecule has 0 atom stereocenters. The number of nitrogens with two attached hydrogens (primary N) is 1. The molecular formula is C13H21N5O2S. The molecular weight excluding hydrogens is 290 g/mol. The van der Waals surface area contributed by atoms with E-state index in [1.807, 2.05) is 6.92 Å². The maximum Gasteiger partial charge on any atom is 0.265 e. The zero-order valence-electron chi connectivity index (χ0n) is 12.4. The molecule has 1 aliphatic heterocycles. The van der Waals surface area contributed by atoms with E-state index in [9.17, 15) is 9.59 Å². The van der Waals surface area contributed by atoms with Gasteiger partial charge in [0.25, 0.3) is 5.91 Å². The van der Waals surface area contributed by atoms with Crippen molar-refractivity contribution < 1.29 is 9.59 Å². The molecule has 21 heavy (non-hydrogen) atoms. The van der Waals surface area contributed by atoms with Crippen molar-refractivity contribution in [1.82, 2.24) is 15.2 Å². The van der Waals surface area contributed by atoms with Gasteiger partial charge in [0.05, 0.1) is 6.54 Å². The first-order chi connectivity index (χ1) is 10.0. The molecule has 2 rings (SSSR count). The van der Waals surface area contributed by atoms with Gasteiger partial charge in [-0.05, 0) is 19.8 Å². The molecule has 1 fully saturated rings. The third kappa shape index (κ3) is 3.63. The number of carbonyl (C=O) groups is 2. The Labute approximate surface area is 128 Å². The summed E-state index contributed by atoms with van der Waals surface area (Å²) in [5, 5.41) is 3.38. The Balaban J connectivity index is 1.97. The SMILES string of the molecule is CCN(C)C(=O)CNC(=O)c1sc(N2CCCC2)nc1N. The molecule has 3 N–H and O–H groups in total. The summed E-state index contributed by atoms with van der Waals surface area (Å²) in [5.41, 5.74) is 5.82. The molecule has 1 aliphatic rings. The molecule has 0 saturated carbocycles. The number of aromatic nitrogens is 1. The lowest BCUT2D eigenvalue weighted by Gasteiger charge is -2.14. The predicted octanol–water partition coefficient (Wildman–Crippen LogP) is 0.534. The summed E-state index contributed by atoms with van der Waals surface area (Å²) in [5.74, 6) is -0.238. The van der Waals surface area contributed by atoms with E-state index in [0.29, 0.717) is 11.4 Å². The number of anilines is 2. The molecule has 2 heterocycles. The van der Waals surface area contributed by atoms with Crippen molar-refractivity contribution in [2.45, 2.75) is 19.8 Å². The van der Waals surface area contributed by atoms with Crippen LogP contribution in [0.3, 0.4) is 0 Å². The number of rotatable bonds is 5. The summed E-state index contributed by atoms with van der Waals surface area (Å²) >= 11 is 1.28. The van der Waals surface area contributed by atoms with Gasteiger partial charge in [-0.25, -0.2) is 4.98 Å². The normalized spacial score (nSPS) is 14.3. The average molecular weight is 311 g/mol. The van der Waals surface area contributed by atoms with Crippen LogP contribution in [0.1, 0.15) is 29.4 Å². The molecule has 0 radical (unpaired) electrons. The first-order valence-corrected chi connectivity index (χ1v) is 7.88. The van der Waals surface area contributed by atoms with Gasteiger partial charge in [-0.1, -0.05) is 11.3 Å². The Morgan fingerprint density at radius 3 is 2.71 bits per heavy atom. The molecule has 2 amide bonds. The van der Waals surface area contributed by atoms with Gasteiger partial charge in [-0.3, -0.25) is 9.59 Å². The van der Waals surface area contributed by atoms with Crippen molar-refractivity contribution in [2.24, 2.45) is 0 Å². The Morgan fingerprint density at radius 1 is 1.43 bits per heavy atom. The molecule has 0 spiro atoms. The highest BCUT2D eigenvalue weighted by Crippen LogP contribution is 2.30. The van der Waals surface area contributed by atoms with Crippen molar-refractivity contribution in [3.05, 3.63) is 4.88 Å². The van der Waals surface area contributed by atoms with Gasteiger partial charge < -0.3 is 20.9 Å². The van der Waals surface area contributed by atoms with Gasteiger partial charge in [-0.2, -0.15) is 0 Å². The highest BCUT2D eigenvalue weighted by atomic mass is 32.1. The summed E-state index contributed by atoms with van der Waals surface area (Å²) in [7, 11) is 1.70. The van der Waals surface area contributed by atoms with Crippen LogP contribution in [0.25, 0.3) is 0 Å². The van der Waals surface area contributed by atoms with E-state index in [-0.39, 0.29) is 24.2 Å². The third-order valence-electron chi connectivity index (χ3n) is 3.53. The first kappa shape index (κ1) is 15.6. The maximum absolute atomic E-state index is 12.1. The number of thiazole rings is 1. The lowest BCUT2D eigenvalue weighted by molar-refractivity contribution is -0.128. The molecule has 7 nitrogen and oxygen atoms in total. The number of carbonyl (C=O) groups excluding carboxylic acids is 2.